The van der Waals surface area contributed by atoms with Gasteiger partial charge < -0.3 is 15.1 Å². The first kappa shape index (κ1) is 13.5. The summed E-state index contributed by atoms with van der Waals surface area (Å²) in [6.45, 7) is 1.23. The number of nitrogens with zero attached hydrogens (tertiary/aromatic N) is 2. The van der Waals surface area contributed by atoms with Crippen molar-refractivity contribution >= 4 is 6.21 Å². The molecule has 0 unspecified atom stereocenters. The first-order chi connectivity index (χ1) is 9.01. The van der Waals surface area contributed by atoms with Crippen molar-refractivity contribution in [3.63, 3.8) is 0 Å². The normalized spacial score (nSPS) is 27.2. The van der Waals surface area contributed by atoms with Gasteiger partial charge in [-0.05, 0) is 19.8 Å². The molecule has 1 saturated heterocycles. The molecular formula is C11H15N3O5. The van der Waals surface area contributed by atoms with Crippen LogP contribution in [0.4, 0.5) is 0 Å². The Labute approximate surface area is 108 Å². The summed E-state index contributed by atoms with van der Waals surface area (Å²) >= 11 is 0. The van der Waals surface area contributed by atoms with Gasteiger partial charge in [-0.1, -0.05) is 5.16 Å². The van der Waals surface area contributed by atoms with Crippen molar-refractivity contribution in [3.05, 3.63) is 32.6 Å². The van der Waals surface area contributed by atoms with Crippen LogP contribution in [0.15, 0.2) is 20.9 Å². The van der Waals surface area contributed by atoms with Crippen molar-refractivity contribution in [2.24, 2.45) is 5.16 Å². The number of rotatable bonds is 3. The lowest BCUT2D eigenvalue weighted by Crippen LogP contribution is -2.38. The zero-order chi connectivity index (χ0) is 14.0. The first-order valence-electron chi connectivity index (χ1n) is 5.81. The van der Waals surface area contributed by atoms with Crippen molar-refractivity contribution in [2.75, 3.05) is 6.61 Å². The van der Waals surface area contributed by atoms with E-state index in [0.717, 1.165) is 6.21 Å². The lowest BCUT2D eigenvalue weighted by Gasteiger charge is -2.22. The fraction of sp³-hybridized carbons (Fsp3) is 0.545. The van der Waals surface area contributed by atoms with Crippen LogP contribution in [0.1, 0.15) is 24.6 Å². The van der Waals surface area contributed by atoms with E-state index in [1.54, 1.807) is 6.92 Å². The zero-order valence-corrected chi connectivity index (χ0v) is 10.4. The van der Waals surface area contributed by atoms with Gasteiger partial charge in [0.2, 0.25) is 0 Å². The average Bonchev–Trinajstić information content (AvgIpc) is 2.79. The van der Waals surface area contributed by atoms with Crippen LogP contribution in [0, 0.1) is 6.92 Å². The van der Waals surface area contributed by atoms with Gasteiger partial charge in [-0.25, -0.2) is 4.79 Å². The van der Waals surface area contributed by atoms with Crippen LogP contribution < -0.4 is 11.2 Å². The smallest absolute Gasteiger partial charge is 0.330 e. The molecule has 8 nitrogen and oxygen atoms in total. The summed E-state index contributed by atoms with van der Waals surface area (Å²) in [5.41, 5.74) is -1.72. The molecule has 0 spiro atoms. The Morgan fingerprint density at radius 3 is 3.05 bits per heavy atom. The second kappa shape index (κ2) is 4.98. The largest absolute Gasteiger partial charge is 0.411 e. The number of aromatic amines is 1. The van der Waals surface area contributed by atoms with Crippen LogP contribution in [0.3, 0.4) is 0 Å². The highest BCUT2D eigenvalue weighted by Crippen LogP contribution is 2.34. The molecule has 0 bridgehead atoms. The summed E-state index contributed by atoms with van der Waals surface area (Å²) in [4.78, 5) is 25.2. The minimum atomic E-state index is -1.09. The summed E-state index contributed by atoms with van der Waals surface area (Å²) < 4.78 is 6.85. The number of hydrogen-bond acceptors (Lipinski definition) is 6. The van der Waals surface area contributed by atoms with Gasteiger partial charge >= 0.3 is 5.69 Å². The molecule has 0 aromatic carbocycles. The molecule has 8 heteroatoms. The molecule has 1 aromatic heterocycles. The van der Waals surface area contributed by atoms with Crippen molar-refractivity contribution in [1.82, 2.24) is 9.55 Å². The fourth-order valence-electron chi connectivity index (χ4n) is 2.11. The highest BCUT2D eigenvalue weighted by molar-refractivity contribution is 5.68. The number of oxime groups is 1. The van der Waals surface area contributed by atoms with Crippen LogP contribution in [0.2, 0.25) is 0 Å². The quantitative estimate of drug-likeness (QED) is 0.383. The number of hydrogen-bond donors (Lipinski definition) is 3. The van der Waals surface area contributed by atoms with Crippen molar-refractivity contribution in [1.29, 1.82) is 0 Å². The Hall–Kier alpha value is -1.93. The molecule has 0 aliphatic carbocycles. The van der Waals surface area contributed by atoms with Gasteiger partial charge in [-0.3, -0.25) is 14.3 Å². The number of aliphatic hydroxyl groups is 1. The second-order valence-electron chi connectivity index (χ2n) is 4.56. The van der Waals surface area contributed by atoms with Crippen LogP contribution >= 0.6 is 0 Å². The molecule has 0 saturated carbocycles. The number of H-pyrrole nitrogens is 1. The minimum absolute atomic E-state index is 0.357. The SMILES string of the molecule is Cc1cn([C@H]2CC[C@@](/C=N\O)(CO)O2)c(=O)[nH]c1=O. The maximum atomic E-state index is 11.7. The van der Waals surface area contributed by atoms with Crippen LogP contribution in [-0.2, 0) is 4.74 Å². The Morgan fingerprint density at radius 1 is 1.68 bits per heavy atom. The third-order valence-corrected chi connectivity index (χ3v) is 3.20. The molecule has 3 N–H and O–H groups in total. The number of nitrogens with one attached hydrogen (secondary N) is 1. The molecule has 0 amide bonds. The molecule has 0 radical (unpaired) electrons. The molecule has 2 rings (SSSR count). The Morgan fingerprint density at radius 2 is 2.42 bits per heavy atom. The van der Waals surface area contributed by atoms with E-state index < -0.39 is 23.1 Å². The second-order valence-corrected chi connectivity index (χ2v) is 4.56. The summed E-state index contributed by atoms with van der Waals surface area (Å²) in [5.74, 6) is 0. The van der Waals surface area contributed by atoms with Crippen molar-refractivity contribution in [3.8, 4) is 0 Å². The topological polar surface area (TPSA) is 117 Å². The number of aromatic nitrogens is 2. The van der Waals surface area contributed by atoms with E-state index in [2.05, 4.69) is 10.1 Å². The average molecular weight is 269 g/mol. The predicted molar refractivity (Wildman–Crippen MR) is 65.5 cm³/mol. The first-order valence-corrected chi connectivity index (χ1v) is 5.81. The number of aliphatic hydroxyl groups excluding tert-OH is 1. The molecular weight excluding hydrogens is 254 g/mol. The molecule has 2 atom stereocenters. The van der Waals surface area contributed by atoms with Crippen molar-refractivity contribution in [2.45, 2.75) is 31.6 Å². The molecule has 1 aliphatic heterocycles. The van der Waals surface area contributed by atoms with Gasteiger partial charge in [0.05, 0.1) is 12.8 Å². The summed E-state index contributed by atoms with van der Waals surface area (Å²) in [6, 6.07) is 0. The standard InChI is InChI=1S/C11H15N3O5/c1-7-4-14(10(17)13-9(7)16)8-2-3-11(6-15,19-8)5-12-18/h4-5,8,15,18H,2-3,6H2,1H3,(H,13,16,17)/b12-5-/t8-,11-/m1/s1. The third kappa shape index (κ3) is 2.45. The molecule has 1 aliphatic rings. The van der Waals surface area contributed by atoms with Crippen molar-refractivity contribution < 1.29 is 15.1 Å². The third-order valence-electron chi connectivity index (χ3n) is 3.20. The van der Waals surface area contributed by atoms with Gasteiger partial charge in [0, 0.05) is 11.8 Å². The van der Waals surface area contributed by atoms with Gasteiger partial charge in [-0.15, -0.1) is 0 Å². The molecule has 2 heterocycles. The van der Waals surface area contributed by atoms with Crippen LogP contribution in [0.5, 0.6) is 0 Å². The van der Waals surface area contributed by atoms with E-state index in [4.69, 9.17) is 9.94 Å². The highest BCUT2D eigenvalue weighted by atomic mass is 16.5. The van der Waals surface area contributed by atoms with Gasteiger partial charge in [0.25, 0.3) is 5.56 Å². The van der Waals surface area contributed by atoms with Gasteiger partial charge in [-0.2, -0.15) is 0 Å². The van der Waals surface area contributed by atoms with E-state index in [9.17, 15) is 14.7 Å². The maximum Gasteiger partial charge on any atom is 0.330 e. The maximum absolute atomic E-state index is 11.7. The number of aryl methyl sites for hydroxylation is 1. The lowest BCUT2D eigenvalue weighted by atomic mass is 10.0. The van der Waals surface area contributed by atoms with E-state index in [1.165, 1.54) is 10.8 Å². The minimum Gasteiger partial charge on any atom is -0.411 e. The molecule has 1 aromatic rings. The van der Waals surface area contributed by atoms with Crippen LogP contribution in [0.25, 0.3) is 0 Å². The molecule has 1 fully saturated rings. The molecule has 104 valence electrons. The van der Waals surface area contributed by atoms with E-state index in [1.807, 2.05) is 0 Å². The number of ether oxygens (including phenoxy) is 1. The monoisotopic (exact) mass is 269 g/mol. The van der Waals surface area contributed by atoms with E-state index in [0.29, 0.717) is 18.4 Å². The Balaban J connectivity index is 2.33. The summed E-state index contributed by atoms with van der Waals surface area (Å²) in [7, 11) is 0. The Bertz CT molecular complexity index is 605. The zero-order valence-electron chi connectivity index (χ0n) is 10.4. The van der Waals surface area contributed by atoms with Crippen LogP contribution in [-0.4, -0.2) is 38.3 Å². The van der Waals surface area contributed by atoms with E-state index in [-0.39, 0.29) is 6.61 Å². The summed E-state index contributed by atoms with van der Waals surface area (Å²) in [5, 5.41) is 20.8. The fourth-order valence-corrected chi connectivity index (χ4v) is 2.11. The Kier molecular flexibility index (Phi) is 3.54. The van der Waals surface area contributed by atoms with Gasteiger partial charge in [0.15, 0.2) is 0 Å². The van der Waals surface area contributed by atoms with E-state index >= 15 is 0 Å². The van der Waals surface area contributed by atoms with Gasteiger partial charge in [0.1, 0.15) is 11.8 Å². The lowest BCUT2D eigenvalue weighted by molar-refractivity contribution is -0.0572. The predicted octanol–water partition coefficient (Wildman–Crippen LogP) is -0.655. The molecule has 19 heavy (non-hydrogen) atoms. The highest BCUT2D eigenvalue weighted by Gasteiger charge is 2.40. The summed E-state index contributed by atoms with van der Waals surface area (Å²) in [6.07, 6.45) is 2.76.